The van der Waals surface area contributed by atoms with Crippen molar-refractivity contribution in [2.24, 2.45) is 12.0 Å². The summed E-state index contributed by atoms with van der Waals surface area (Å²) in [6.45, 7) is 2.21. The second-order valence-corrected chi connectivity index (χ2v) is 5.22. The van der Waals surface area contributed by atoms with Crippen LogP contribution in [0.2, 0.25) is 0 Å². The second kappa shape index (κ2) is 6.62. The Morgan fingerprint density at radius 2 is 2.09 bits per heavy atom. The first kappa shape index (κ1) is 15.2. The summed E-state index contributed by atoms with van der Waals surface area (Å²) in [5.41, 5.74) is 1.49. The van der Waals surface area contributed by atoms with Gasteiger partial charge in [-0.25, -0.2) is 0 Å². The van der Waals surface area contributed by atoms with E-state index in [4.69, 9.17) is 4.74 Å². The van der Waals surface area contributed by atoms with Crippen LogP contribution < -0.4 is 0 Å². The van der Waals surface area contributed by atoms with E-state index < -0.39 is 0 Å². The molecule has 0 radical (unpaired) electrons. The number of benzene rings is 1. The Morgan fingerprint density at radius 3 is 2.83 bits per heavy atom. The number of aryl methyl sites for hydroxylation is 1. The van der Waals surface area contributed by atoms with Crippen molar-refractivity contribution < 1.29 is 14.6 Å². The van der Waals surface area contributed by atoms with Crippen molar-refractivity contribution in [2.45, 2.75) is 0 Å². The lowest BCUT2D eigenvalue weighted by molar-refractivity contribution is 0.0296. The van der Waals surface area contributed by atoms with Crippen LogP contribution in [0, 0.1) is 0 Å². The summed E-state index contributed by atoms with van der Waals surface area (Å²) >= 11 is 0. The predicted molar refractivity (Wildman–Crippen MR) is 85.3 cm³/mol. The Morgan fingerprint density at radius 1 is 1.35 bits per heavy atom. The zero-order chi connectivity index (χ0) is 16.2. The molecular weight excluding hydrogens is 296 g/mol. The Bertz CT molecular complexity index is 733. The van der Waals surface area contributed by atoms with Crippen molar-refractivity contribution in [3.8, 4) is 5.75 Å². The maximum absolute atomic E-state index is 12.7. The molecule has 0 spiro atoms. The molecule has 0 unspecified atom stereocenters. The highest BCUT2D eigenvalue weighted by molar-refractivity contribution is 5.98. The van der Waals surface area contributed by atoms with Gasteiger partial charge in [0.2, 0.25) is 0 Å². The molecule has 0 saturated carbocycles. The van der Waals surface area contributed by atoms with Gasteiger partial charge in [-0.2, -0.15) is 5.10 Å². The van der Waals surface area contributed by atoms with E-state index in [1.54, 1.807) is 36.3 Å². The number of hydrogen-bond acceptors (Lipinski definition) is 5. The van der Waals surface area contributed by atoms with Crippen molar-refractivity contribution in [3.05, 3.63) is 41.7 Å². The largest absolute Gasteiger partial charge is 0.507 e. The predicted octanol–water partition coefficient (Wildman–Crippen LogP) is 1.35. The fourth-order valence-electron chi connectivity index (χ4n) is 2.42. The number of hydrogen-bond donors (Lipinski definition) is 1. The van der Waals surface area contributed by atoms with Crippen LogP contribution >= 0.6 is 0 Å². The van der Waals surface area contributed by atoms with Crippen molar-refractivity contribution in [1.82, 2.24) is 14.7 Å². The normalized spacial score (nSPS) is 15.3. The number of aliphatic imine (C=N–C) groups is 1. The zero-order valence-corrected chi connectivity index (χ0v) is 12.8. The molecule has 2 aromatic rings. The number of aromatic hydroxyl groups is 1. The molecule has 1 fully saturated rings. The third-order valence-electron chi connectivity index (χ3n) is 3.70. The first-order chi connectivity index (χ1) is 11.2. The molecule has 1 N–H and O–H groups in total. The second-order valence-electron chi connectivity index (χ2n) is 5.22. The van der Waals surface area contributed by atoms with Crippen molar-refractivity contribution in [3.63, 3.8) is 0 Å². The molecule has 7 nitrogen and oxygen atoms in total. The van der Waals surface area contributed by atoms with Crippen molar-refractivity contribution >= 4 is 17.8 Å². The van der Waals surface area contributed by atoms with E-state index in [9.17, 15) is 9.90 Å². The maximum atomic E-state index is 12.7. The zero-order valence-electron chi connectivity index (χ0n) is 12.8. The number of amides is 1. The van der Waals surface area contributed by atoms with E-state index in [1.165, 1.54) is 10.9 Å². The average Bonchev–Trinajstić information content (AvgIpc) is 2.95. The Kier molecular flexibility index (Phi) is 4.38. The topological polar surface area (TPSA) is 79.9 Å². The molecule has 0 aliphatic carbocycles. The molecule has 1 amide bonds. The summed E-state index contributed by atoms with van der Waals surface area (Å²) < 4.78 is 6.80. The smallest absolute Gasteiger partial charge is 0.274 e. The van der Waals surface area contributed by atoms with Gasteiger partial charge in [0, 0.05) is 31.9 Å². The van der Waals surface area contributed by atoms with Crippen LogP contribution in [0.15, 0.2) is 35.5 Å². The van der Waals surface area contributed by atoms with Gasteiger partial charge in [-0.3, -0.25) is 14.5 Å². The number of para-hydroxylation sites is 1. The van der Waals surface area contributed by atoms with Crippen LogP contribution in [0.3, 0.4) is 0 Å². The fraction of sp³-hybridized carbons (Fsp3) is 0.312. The standard InChI is InChI=1S/C16H18N4O3/c1-19-15(16(22)20-6-8-23-9-7-20)13(11-18-19)17-10-12-4-2-3-5-14(12)21/h2-5,10-11,21H,6-9H2,1H3/b17-10+. The molecule has 1 aromatic carbocycles. The van der Waals surface area contributed by atoms with Crippen LogP contribution in [-0.4, -0.2) is 58.2 Å². The first-order valence-corrected chi connectivity index (χ1v) is 7.38. The van der Waals surface area contributed by atoms with Crippen molar-refractivity contribution in [2.75, 3.05) is 26.3 Å². The van der Waals surface area contributed by atoms with Gasteiger partial charge in [0.05, 0.1) is 19.4 Å². The van der Waals surface area contributed by atoms with Gasteiger partial charge in [0.15, 0.2) is 5.69 Å². The minimum Gasteiger partial charge on any atom is -0.507 e. The van der Waals surface area contributed by atoms with Crippen LogP contribution in [0.25, 0.3) is 0 Å². The highest BCUT2D eigenvalue weighted by Crippen LogP contribution is 2.21. The molecule has 1 aromatic heterocycles. The summed E-state index contributed by atoms with van der Waals surface area (Å²) in [6.07, 6.45) is 3.08. The summed E-state index contributed by atoms with van der Waals surface area (Å²) in [5, 5.41) is 13.9. The average molecular weight is 314 g/mol. The molecule has 1 aliphatic rings. The molecule has 7 heteroatoms. The van der Waals surface area contributed by atoms with Gasteiger partial charge in [0.1, 0.15) is 11.4 Å². The van der Waals surface area contributed by atoms with Gasteiger partial charge in [-0.15, -0.1) is 0 Å². The van der Waals surface area contributed by atoms with Gasteiger partial charge >= 0.3 is 0 Å². The molecule has 1 aliphatic heterocycles. The minimum atomic E-state index is -0.113. The molecule has 23 heavy (non-hydrogen) atoms. The number of morpholine rings is 1. The monoisotopic (exact) mass is 314 g/mol. The Labute approximate surface area is 133 Å². The van der Waals surface area contributed by atoms with E-state index in [0.29, 0.717) is 43.2 Å². The maximum Gasteiger partial charge on any atom is 0.274 e. The number of nitrogens with zero attached hydrogens (tertiary/aromatic N) is 4. The number of ether oxygens (including phenoxy) is 1. The van der Waals surface area contributed by atoms with Gasteiger partial charge in [-0.1, -0.05) is 12.1 Å². The number of carbonyl (C=O) groups excluding carboxylic acids is 1. The van der Waals surface area contributed by atoms with Gasteiger partial charge in [0.25, 0.3) is 5.91 Å². The molecule has 120 valence electrons. The molecular formula is C16H18N4O3. The van der Waals surface area contributed by atoms with Gasteiger partial charge in [-0.05, 0) is 12.1 Å². The quantitative estimate of drug-likeness (QED) is 0.867. The summed E-state index contributed by atoms with van der Waals surface area (Å²) in [7, 11) is 1.71. The third kappa shape index (κ3) is 3.24. The number of phenols is 1. The molecule has 0 bridgehead atoms. The molecule has 0 atom stereocenters. The minimum absolute atomic E-state index is 0.113. The van der Waals surface area contributed by atoms with E-state index in [2.05, 4.69) is 10.1 Å². The number of carbonyl (C=O) groups is 1. The van der Waals surface area contributed by atoms with Crippen LogP contribution in [0.1, 0.15) is 16.1 Å². The highest BCUT2D eigenvalue weighted by atomic mass is 16.5. The molecule has 1 saturated heterocycles. The Balaban J connectivity index is 1.86. The lowest BCUT2D eigenvalue weighted by Gasteiger charge is -2.26. The lowest BCUT2D eigenvalue weighted by Crippen LogP contribution is -2.41. The van der Waals surface area contributed by atoms with E-state index in [-0.39, 0.29) is 11.7 Å². The van der Waals surface area contributed by atoms with Gasteiger partial charge < -0.3 is 14.7 Å². The summed E-state index contributed by atoms with van der Waals surface area (Å²) in [6, 6.07) is 6.89. The summed E-state index contributed by atoms with van der Waals surface area (Å²) in [4.78, 5) is 18.7. The van der Waals surface area contributed by atoms with E-state index in [1.807, 2.05) is 6.07 Å². The highest BCUT2D eigenvalue weighted by Gasteiger charge is 2.24. The van der Waals surface area contributed by atoms with Crippen LogP contribution in [0.5, 0.6) is 5.75 Å². The fourth-order valence-corrected chi connectivity index (χ4v) is 2.42. The van der Waals surface area contributed by atoms with E-state index in [0.717, 1.165) is 0 Å². The SMILES string of the molecule is Cn1ncc(/N=C/c2ccccc2O)c1C(=O)N1CCOCC1. The third-order valence-corrected chi connectivity index (χ3v) is 3.70. The van der Waals surface area contributed by atoms with Crippen LogP contribution in [-0.2, 0) is 11.8 Å². The Hall–Kier alpha value is -2.67. The number of phenolic OH excluding ortho intramolecular Hbond substituents is 1. The first-order valence-electron chi connectivity index (χ1n) is 7.38. The van der Waals surface area contributed by atoms with Crippen LogP contribution in [0.4, 0.5) is 5.69 Å². The lowest BCUT2D eigenvalue weighted by atomic mass is 10.2. The number of rotatable bonds is 3. The van der Waals surface area contributed by atoms with E-state index >= 15 is 0 Å². The van der Waals surface area contributed by atoms with Crippen molar-refractivity contribution in [1.29, 1.82) is 0 Å². The summed E-state index contributed by atoms with van der Waals surface area (Å²) in [5.74, 6) is 0.0268. The molecule has 3 rings (SSSR count). The molecule has 2 heterocycles. The number of aromatic nitrogens is 2.